The van der Waals surface area contributed by atoms with Crippen molar-refractivity contribution >= 4 is 28.3 Å². The van der Waals surface area contributed by atoms with Gasteiger partial charge >= 0.3 is 0 Å². The SMILES string of the molecule is CO[C@@H]1C[C@@H](CO)N(c2ccc3ccc(Cl)c(C)c3n2)C1. The monoisotopic (exact) mass is 306 g/mol. The number of hydrogen-bond acceptors (Lipinski definition) is 4. The van der Waals surface area contributed by atoms with Crippen LogP contribution in [0, 0.1) is 6.92 Å². The molecule has 0 amide bonds. The maximum atomic E-state index is 9.58. The molecule has 1 fully saturated rings. The Morgan fingerprint density at radius 3 is 2.86 bits per heavy atom. The smallest absolute Gasteiger partial charge is 0.129 e. The first-order valence-electron chi connectivity index (χ1n) is 7.10. The lowest BCUT2D eigenvalue weighted by atomic mass is 10.1. The molecule has 1 aromatic carbocycles. The molecule has 3 rings (SSSR count). The van der Waals surface area contributed by atoms with E-state index in [9.17, 15) is 5.11 Å². The topological polar surface area (TPSA) is 45.6 Å². The van der Waals surface area contributed by atoms with Gasteiger partial charge < -0.3 is 14.7 Å². The Balaban J connectivity index is 2.02. The zero-order valence-corrected chi connectivity index (χ0v) is 13.0. The average Bonchev–Trinajstić information content (AvgIpc) is 2.94. The number of ether oxygens (including phenoxy) is 1. The van der Waals surface area contributed by atoms with E-state index in [0.717, 1.165) is 40.3 Å². The predicted octanol–water partition coefficient (Wildman–Crippen LogP) is 2.78. The number of methoxy groups -OCH3 is 1. The van der Waals surface area contributed by atoms with Crippen molar-refractivity contribution < 1.29 is 9.84 Å². The highest BCUT2D eigenvalue weighted by Crippen LogP contribution is 2.30. The molecule has 4 nitrogen and oxygen atoms in total. The van der Waals surface area contributed by atoms with Crippen molar-refractivity contribution in [2.45, 2.75) is 25.5 Å². The molecule has 0 aliphatic carbocycles. The third kappa shape index (κ3) is 2.59. The Morgan fingerprint density at radius 1 is 1.38 bits per heavy atom. The molecule has 2 atom stereocenters. The Morgan fingerprint density at radius 2 is 2.14 bits per heavy atom. The summed E-state index contributed by atoms with van der Waals surface area (Å²) in [6.07, 6.45) is 0.960. The summed E-state index contributed by atoms with van der Waals surface area (Å²) in [6.45, 7) is 2.83. The summed E-state index contributed by atoms with van der Waals surface area (Å²) in [6, 6.07) is 7.98. The molecule has 0 radical (unpaired) electrons. The van der Waals surface area contributed by atoms with Crippen LogP contribution < -0.4 is 4.90 Å². The van der Waals surface area contributed by atoms with Crippen molar-refractivity contribution in [2.24, 2.45) is 0 Å². The molecule has 1 aromatic heterocycles. The van der Waals surface area contributed by atoms with Crippen LogP contribution in [0.1, 0.15) is 12.0 Å². The van der Waals surface area contributed by atoms with Gasteiger partial charge in [-0.25, -0.2) is 4.98 Å². The molecule has 2 heterocycles. The standard InChI is InChI=1S/C16H19ClN2O2/c1-10-14(17)5-3-11-4-6-15(18-16(10)11)19-8-13(21-2)7-12(19)9-20/h3-6,12-13,20H,7-9H2,1-2H3/t12-,13+/m0/s1. The number of aliphatic hydroxyl groups is 1. The lowest BCUT2D eigenvalue weighted by Crippen LogP contribution is -2.33. The third-order valence-corrected chi connectivity index (χ3v) is 4.66. The van der Waals surface area contributed by atoms with Gasteiger partial charge in [-0.15, -0.1) is 0 Å². The van der Waals surface area contributed by atoms with Gasteiger partial charge in [0, 0.05) is 24.1 Å². The summed E-state index contributed by atoms with van der Waals surface area (Å²) in [5.41, 5.74) is 1.90. The van der Waals surface area contributed by atoms with Crippen molar-refractivity contribution in [3.05, 3.63) is 34.9 Å². The number of benzene rings is 1. The third-order valence-electron chi connectivity index (χ3n) is 4.25. The summed E-state index contributed by atoms with van der Waals surface area (Å²) in [5, 5.41) is 11.4. The first kappa shape index (κ1) is 14.6. The van der Waals surface area contributed by atoms with E-state index in [1.165, 1.54) is 0 Å². The Hall–Kier alpha value is -1.36. The number of aryl methyl sites for hydroxylation is 1. The van der Waals surface area contributed by atoms with E-state index < -0.39 is 0 Å². The maximum absolute atomic E-state index is 9.58. The molecule has 1 saturated heterocycles. The van der Waals surface area contributed by atoms with E-state index in [0.29, 0.717) is 0 Å². The van der Waals surface area contributed by atoms with Gasteiger partial charge in [-0.2, -0.15) is 0 Å². The van der Waals surface area contributed by atoms with Crippen molar-refractivity contribution in [3.63, 3.8) is 0 Å². The fraction of sp³-hybridized carbons (Fsp3) is 0.438. The van der Waals surface area contributed by atoms with Crippen LogP contribution in [0.15, 0.2) is 24.3 Å². The minimum atomic E-state index is 0.0550. The lowest BCUT2D eigenvalue weighted by molar-refractivity contribution is 0.115. The van der Waals surface area contributed by atoms with E-state index in [2.05, 4.69) is 11.0 Å². The highest BCUT2D eigenvalue weighted by atomic mass is 35.5. The predicted molar refractivity (Wildman–Crippen MR) is 85.1 cm³/mol. The fourth-order valence-corrected chi connectivity index (χ4v) is 3.11. The summed E-state index contributed by atoms with van der Waals surface area (Å²) >= 11 is 6.19. The van der Waals surface area contributed by atoms with Crippen molar-refractivity contribution in [1.82, 2.24) is 4.98 Å². The largest absolute Gasteiger partial charge is 0.394 e. The van der Waals surface area contributed by atoms with Crippen LogP contribution in [-0.4, -0.2) is 42.5 Å². The van der Waals surface area contributed by atoms with E-state index in [1.807, 2.05) is 25.1 Å². The molecule has 0 spiro atoms. The van der Waals surface area contributed by atoms with Gasteiger partial charge in [0.15, 0.2) is 0 Å². The Bertz CT molecular complexity index is 662. The number of hydrogen-bond donors (Lipinski definition) is 1. The van der Waals surface area contributed by atoms with Crippen LogP contribution in [0.4, 0.5) is 5.82 Å². The van der Waals surface area contributed by atoms with E-state index in [4.69, 9.17) is 21.3 Å². The van der Waals surface area contributed by atoms with Crippen molar-refractivity contribution in [1.29, 1.82) is 0 Å². The number of aromatic nitrogens is 1. The second-order valence-corrected chi connectivity index (χ2v) is 5.90. The molecule has 5 heteroatoms. The molecule has 1 aliphatic rings. The molecule has 21 heavy (non-hydrogen) atoms. The first-order chi connectivity index (χ1) is 10.1. The van der Waals surface area contributed by atoms with E-state index in [1.54, 1.807) is 7.11 Å². The quantitative estimate of drug-likeness (QED) is 0.947. The minimum Gasteiger partial charge on any atom is -0.394 e. The van der Waals surface area contributed by atoms with E-state index in [-0.39, 0.29) is 18.8 Å². The average molecular weight is 307 g/mol. The zero-order valence-electron chi connectivity index (χ0n) is 12.2. The molecule has 2 aromatic rings. The van der Waals surface area contributed by atoms with Crippen LogP contribution >= 0.6 is 11.6 Å². The fourth-order valence-electron chi connectivity index (χ4n) is 2.95. The minimum absolute atomic E-state index is 0.0550. The molecule has 0 unspecified atom stereocenters. The van der Waals surface area contributed by atoms with Crippen LogP contribution in [0.25, 0.3) is 10.9 Å². The second-order valence-electron chi connectivity index (χ2n) is 5.50. The van der Waals surface area contributed by atoms with Crippen molar-refractivity contribution in [3.8, 4) is 0 Å². The van der Waals surface area contributed by atoms with Crippen LogP contribution in [0.5, 0.6) is 0 Å². The summed E-state index contributed by atoms with van der Waals surface area (Å²) in [4.78, 5) is 6.88. The Kier molecular flexibility index (Phi) is 4.02. The lowest BCUT2D eigenvalue weighted by Gasteiger charge is -2.24. The summed E-state index contributed by atoms with van der Waals surface area (Å²) in [5.74, 6) is 0.867. The van der Waals surface area contributed by atoms with Gasteiger partial charge in [0.25, 0.3) is 0 Å². The molecular formula is C16H19ClN2O2. The number of halogens is 1. The van der Waals surface area contributed by atoms with Gasteiger partial charge in [-0.1, -0.05) is 17.7 Å². The number of rotatable bonds is 3. The maximum Gasteiger partial charge on any atom is 0.129 e. The van der Waals surface area contributed by atoms with Crippen molar-refractivity contribution in [2.75, 3.05) is 25.2 Å². The van der Waals surface area contributed by atoms with Gasteiger partial charge in [0.1, 0.15) is 5.82 Å². The van der Waals surface area contributed by atoms with Crippen LogP contribution in [0.3, 0.4) is 0 Å². The molecule has 112 valence electrons. The van der Waals surface area contributed by atoms with E-state index >= 15 is 0 Å². The molecule has 0 saturated carbocycles. The molecule has 0 bridgehead atoms. The van der Waals surface area contributed by atoms with Gasteiger partial charge in [-0.3, -0.25) is 0 Å². The van der Waals surface area contributed by atoms with Gasteiger partial charge in [0.05, 0.1) is 24.3 Å². The van der Waals surface area contributed by atoms with Crippen LogP contribution in [0.2, 0.25) is 5.02 Å². The second kappa shape index (κ2) is 5.79. The summed E-state index contributed by atoms with van der Waals surface area (Å²) in [7, 11) is 1.71. The number of pyridine rings is 1. The number of fused-ring (bicyclic) bond motifs is 1. The molecule has 1 N–H and O–H groups in total. The van der Waals surface area contributed by atoms with Crippen LogP contribution in [-0.2, 0) is 4.74 Å². The highest BCUT2D eigenvalue weighted by molar-refractivity contribution is 6.32. The number of nitrogens with zero attached hydrogens (tertiary/aromatic N) is 2. The first-order valence-corrected chi connectivity index (χ1v) is 7.48. The normalized spacial score (nSPS) is 22.2. The summed E-state index contributed by atoms with van der Waals surface area (Å²) < 4.78 is 5.42. The number of aliphatic hydroxyl groups excluding tert-OH is 1. The zero-order chi connectivity index (χ0) is 15.0. The Labute approximate surface area is 129 Å². The van der Waals surface area contributed by atoms with Gasteiger partial charge in [0.2, 0.25) is 0 Å². The molecule has 1 aliphatic heterocycles. The highest BCUT2D eigenvalue weighted by Gasteiger charge is 2.32. The van der Waals surface area contributed by atoms with Gasteiger partial charge in [-0.05, 0) is 37.1 Å². The number of anilines is 1. The molecular weight excluding hydrogens is 288 g/mol.